The van der Waals surface area contributed by atoms with Gasteiger partial charge in [0.05, 0.1) is 0 Å². The van der Waals surface area contributed by atoms with E-state index in [4.69, 9.17) is 0 Å². The number of hydrogen-bond donors (Lipinski definition) is 0. The van der Waals surface area contributed by atoms with Crippen molar-refractivity contribution in [2.75, 3.05) is 0 Å². The number of hydrogen-bond acceptors (Lipinski definition) is 1. The van der Waals surface area contributed by atoms with Gasteiger partial charge < -0.3 is 0 Å². The average molecular weight is 168 g/mol. The lowest BCUT2D eigenvalue weighted by molar-refractivity contribution is -0.105. The van der Waals surface area contributed by atoms with Gasteiger partial charge in [0.25, 0.3) is 0 Å². The van der Waals surface area contributed by atoms with Crippen molar-refractivity contribution in [2.24, 2.45) is 5.92 Å². The van der Waals surface area contributed by atoms with Gasteiger partial charge in [-0.3, -0.25) is 4.79 Å². The van der Waals surface area contributed by atoms with E-state index in [0.29, 0.717) is 0 Å². The van der Waals surface area contributed by atoms with Crippen LogP contribution in [0.15, 0.2) is 11.6 Å². The van der Waals surface area contributed by atoms with Crippen molar-refractivity contribution in [1.29, 1.82) is 0 Å². The third kappa shape index (κ3) is 6.14. The van der Waals surface area contributed by atoms with Gasteiger partial charge in [0.1, 0.15) is 6.29 Å². The summed E-state index contributed by atoms with van der Waals surface area (Å²) in [6.45, 7) is 6.47. The fourth-order valence-corrected chi connectivity index (χ4v) is 1.09. The van der Waals surface area contributed by atoms with E-state index >= 15 is 0 Å². The van der Waals surface area contributed by atoms with Crippen LogP contribution in [0.4, 0.5) is 0 Å². The van der Waals surface area contributed by atoms with Crippen molar-refractivity contribution in [2.45, 2.75) is 46.5 Å². The SMILES string of the molecule is CC/C(C=O)=C\CCCC(C)C. The van der Waals surface area contributed by atoms with Crippen LogP contribution in [0.2, 0.25) is 0 Å². The predicted molar refractivity (Wildman–Crippen MR) is 53.1 cm³/mol. The van der Waals surface area contributed by atoms with Crippen molar-refractivity contribution in [3.8, 4) is 0 Å². The van der Waals surface area contributed by atoms with Crippen LogP contribution in [-0.4, -0.2) is 6.29 Å². The molecule has 12 heavy (non-hydrogen) atoms. The first-order valence-electron chi connectivity index (χ1n) is 4.84. The topological polar surface area (TPSA) is 17.1 Å². The molecule has 0 amide bonds. The smallest absolute Gasteiger partial charge is 0.145 e. The summed E-state index contributed by atoms with van der Waals surface area (Å²) in [6.07, 6.45) is 7.41. The first-order valence-corrected chi connectivity index (χ1v) is 4.84. The molecule has 70 valence electrons. The molecular formula is C11H20O. The number of carbonyl (C=O) groups excluding carboxylic acids is 1. The molecule has 0 radical (unpaired) electrons. The maximum Gasteiger partial charge on any atom is 0.145 e. The molecule has 0 bridgehead atoms. The molecule has 0 fully saturated rings. The second kappa shape index (κ2) is 7.08. The van der Waals surface area contributed by atoms with Crippen LogP contribution in [0.1, 0.15) is 46.5 Å². The van der Waals surface area contributed by atoms with Gasteiger partial charge in [-0.1, -0.05) is 33.3 Å². The third-order valence-corrected chi connectivity index (χ3v) is 1.95. The van der Waals surface area contributed by atoms with Gasteiger partial charge in [0.2, 0.25) is 0 Å². The van der Waals surface area contributed by atoms with E-state index in [1.165, 1.54) is 12.8 Å². The predicted octanol–water partition coefficient (Wildman–Crippen LogP) is 3.35. The molecule has 0 aliphatic heterocycles. The second-order valence-electron chi connectivity index (χ2n) is 3.58. The lowest BCUT2D eigenvalue weighted by Gasteiger charge is -2.01. The maximum absolute atomic E-state index is 10.4. The monoisotopic (exact) mass is 168 g/mol. The Morgan fingerprint density at radius 2 is 2.08 bits per heavy atom. The highest BCUT2D eigenvalue weighted by molar-refractivity contribution is 5.72. The first-order chi connectivity index (χ1) is 5.70. The zero-order valence-electron chi connectivity index (χ0n) is 8.47. The normalized spacial score (nSPS) is 12.2. The number of carbonyl (C=O) groups is 1. The van der Waals surface area contributed by atoms with Gasteiger partial charge in [-0.2, -0.15) is 0 Å². The molecule has 1 heteroatoms. The summed E-state index contributed by atoms with van der Waals surface area (Å²) < 4.78 is 0. The minimum atomic E-state index is 0.778. The molecular weight excluding hydrogens is 148 g/mol. The molecule has 0 saturated heterocycles. The first kappa shape index (κ1) is 11.4. The lowest BCUT2D eigenvalue weighted by atomic mass is 10.1. The molecule has 0 unspecified atom stereocenters. The van der Waals surface area contributed by atoms with Gasteiger partial charge in [0, 0.05) is 0 Å². The van der Waals surface area contributed by atoms with Crippen molar-refractivity contribution >= 4 is 6.29 Å². The van der Waals surface area contributed by atoms with Crippen molar-refractivity contribution in [1.82, 2.24) is 0 Å². The molecule has 0 rings (SSSR count). The van der Waals surface area contributed by atoms with Gasteiger partial charge >= 0.3 is 0 Å². The van der Waals surface area contributed by atoms with E-state index < -0.39 is 0 Å². The van der Waals surface area contributed by atoms with E-state index in [1.807, 2.05) is 6.92 Å². The highest BCUT2D eigenvalue weighted by Gasteiger charge is 1.93. The number of unbranched alkanes of at least 4 members (excludes halogenated alkanes) is 1. The van der Waals surface area contributed by atoms with E-state index in [2.05, 4.69) is 19.9 Å². The third-order valence-electron chi connectivity index (χ3n) is 1.95. The van der Waals surface area contributed by atoms with E-state index in [9.17, 15) is 4.79 Å². The Labute approximate surface area is 75.9 Å². The Balaban J connectivity index is 3.51. The Morgan fingerprint density at radius 3 is 2.50 bits per heavy atom. The largest absolute Gasteiger partial charge is 0.298 e. The minimum Gasteiger partial charge on any atom is -0.298 e. The molecule has 0 aromatic rings. The summed E-state index contributed by atoms with van der Waals surface area (Å²) in [5.41, 5.74) is 0.943. The molecule has 0 aromatic carbocycles. The van der Waals surface area contributed by atoms with E-state index in [1.54, 1.807) is 0 Å². The molecule has 0 atom stereocenters. The maximum atomic E-state index is 10.4. The fraction of sp³-hybridized carbons (Fsp3) is 0.727. The molecule has 0 aromatic heterocycles. The van der Waals surface area contributed by atoms with Gasteiger partial charge in [-0.15, -0.1) is 0 Å². The Morgan fingerprint density at radius 1 is 1.42 bits per heavy atom. The van der Waals surface area contributed by atoms with Crippen LogP contribution >= 0.6 is 0 Å². The van der Waals surface area contributed by atoms with Gasteiger partial charge in [-0.25, -0.2) is 0 Å². The van der Waals surface area contributed by atoms with Crippen LogP contribution in [0, 0.1) is 5.92 Å². The van der Waals surface area contributed by atoms with Crippen LogP contribution in [0.25, 0.3) is 0 Å². The molecule has 0 saturated carbocycles. The zero-order chi connectivity index (χ0) is 9.40. The summed E-state index contributed by atoms with van der Waals surface area (Å²) >= 11 is 0. The summed E-state index contributed by atoms with van der Waals surface area (Å²) in [5.74, 6) is 0.778. The number of rotatable bonds is 6. The number of aldehydes is 1. The second-order valence-corrected chi connectivity index (χ2v) is 3.58. The lowest BCUT2D eigenvalue weighted by Crippen LogP contribution is -1.87. The Kier molecular flexibility index (Phi) is 6.73. The Bertz CT molecular complexity index is 145. The van der Waals surface area contributed by atoms with Crippen LogP contribution < -0.4 is 0 Å². The zero-order valence-corrected chi connectivity index (χ0v) is 8.47. The van der Waals surface area contributed by atoms with Gasteiger partial charge in [0.15, 0.2) is 0 Å². The molecule has 1 nitrogen and oxygen atoms in total. The van der Waals surface area contributed by atoms with Crippen molar-refractivity contribution in [3.05, 3.63) is 11.6 Å². The van der Waals surface area contributed by atoms with Gasteiger partial charge in [-0.05, 0) is 30.8 Å². The van der Waals surface area contributed by atoms with E-state index in [-0.39, 0.29) is 0 Å². The van der Waals surface area contributed by atoms with Crippen LogP contribution in [0.3, 0.4) is 0 Å². The van der Waals surface area contributed by atoms with Crippen LogP contribution in [-0.2, 0) is 4.79 Å². The molecule has 0 N–H and O–H groups in total. The minimum absolute atomic E-state index is 0.778. The highest BCUT2D eigenvalue weighted by atomic mass is 16.1. The van der Waals surface area contributed by atoms with E-state index in [0.717, 1.165) is 30.6 Å². The number of allylic oxidation sites excluding steroid dienone is 2. The standard InChI is InChI=1S/C11H20O/c1-4-11(9-12)8-6-5-7-10(2)3/h8-10H,4-7H2,1-3H3/b11-8+. The molecule has 0 heterocycles. The fourth-order valence-electron chi connectivity index (χ4n) is 1.09. The molecule has 0 spiro atoms. The van der Waals surface area contributed by atoms with Crippen LogP contribution in [0.5, 0.6) is 0 Å². The highest BCUT2D eigenvalue weighted by Crippen LogP contribution is 2.08. The van der Waals surface area contributed by atoms with Crippen molar-refractivity contribution < 1.29 is 4.79 Å². The average Bonchev–Trinajstić information content (AvgIpc) is 2.04. The Hall–Kier alpha value is -0.590. The summed E-state index contributed by atoms with van der Waals surface area (Å²) in [4.78, 5) is 10.4. The molecule has 0 aliphatic rings. The quantitative estimate of drug-likeness (QED) is 0.338. The van der Waals surface area contributed by atoms with Crippen molar-refractivity contribution in [3.63, 3.8) is 0 Å². The summed E-state index contributed by atoms with van der Waals surface area (Å²) in [7, 11) is 0. The molecule has 0 aliphatic carbocycles. The summed E-state index contributed by atoms with van der Waals surface area (Å²) in [6, 6.07) is 0. The summed E-state index contributed by atoms with van der Waals surface area (Å²) in [5, 5.41) is 0.